The van der Waals surface area contributed by atoms with E-state index in [1.54, 1.807) is 18.3 Å². The lowest BCUT2D eigenvalue weighted by Gasteiger charge is -2.33. The Balaban J connectivity index is 1.59. The molecule has 2 aliphatic rings. The van der Waals surface area contributed by atoms with Gasteiger partial charge in [0, 0.05) is 30.3 Å². The van der Waals surface area contributed by atoms with Crippen LogP contribution in [0.4, 0.5) is 10.2 Å². The maximum atomic E-state index is 13.7. The first kappa shape index (κ1) is 15.0. The number of nitrogens with zero attached hydrogens (tertiary/aromatic N) is 3. The zero-order valence-electron chi connectivity index (χ0n) is 13.1. The molecule has 0 saturated carbocycles. The van der Waals surface area contributed by atoms with Crippen molar-refractivity contribution in [3.63, 3.8) is 0 Å². The summed E-state index contributed by atoms with van der Waals surface area (Å²) in [6.45, 7) is 1.03. The van der Waals surface area contributed by atoms with E-state index in [9.17, 15) is 9.18 Å². The highest BCUT2D eigenvalue weighted by Gasteiger charge is 2.47. The summed E-state index contributed by atoms with van der Waals surface area (Å²) in [7, 11) is 1.95. The zero-order chi connectivity index (χ0) is 16.7. The van der Waals surface area contributed by atoms with Crippen molar-refractivity contribution < 1.29 is 13.9 Å². The van der Waals surface area contributed by atoms with E-state index in [2.05, 4.69) is 20.2 Å². The molecule has 1 saturated heterocycles. The Morgan fingerprint density at radius 2 is 2.29 bits per heavy atom. The van der Waals surface area contributed by atoms with Gasteiger partial charge in [-0.3, -0.25) is 9.69 Å². The van der Waals surface area contributed by atoms with Crippen LogP contribution in [0.1, 0.15) is 11.6 Å². The summed E-state index contributed by atoms with van der Waals surface area (Å²) in [5.74, 6) is 0.514. The number of nitrogens with one attached hydrogen (secondary N) is 1. The number of anilines is 1. The van der Waals surface area contributed by atoms with Crippen molar-refractivity contribution in [1.29, 1.82) is 0 Å². The van der Waals surface area contributed by atoms with E-state index < -0.39 is 0 Å². The number of amides is 1. The molecule has 0 spiro atoms. The van der Waals surface area contributed by atoms with Gasteiger partial charge in [-0.1, -0.05) is 0 Å². The molecule has 2 aromatic rings. The van der Waals surface area contributed by atoms with Crippen molar-refractivity contribution in [2.24, 2.45) is 11.8 Å². The number of ether oxygens (including phenoxy) is 1. The topological polar surface area (TPSA) is 67.4 Å². The van der Waals surface area contributed by atoms with Crippen molar-refractivity contribution in [2.45, 2.75) is 6.04 Å². The second-order valence-electron chi connectivity index (χ2n) is 6.23. The number of hydrogen-bond donors (Lipinski definition) is 1. The van der Waals surface area contributed by atoms with Gasteiger partial charge in [0.1, 0.15) is 23.7 Å². The molecule has 0 bridgehead atoms. The molecular weight excluding hydrogens is 311 g/mol. The Labute approximate surface area is 138 Å². The van der Waals surface area contributed by atoms with Crippen molar-refractivity contribution in [2.75, 3.05) is 25.5 Å². The van der Waals surface area contributed by atoms with E-state index in [-0.39, 0.29) is 29.6 Å². The third-order valence-electron chi connectivity index (χ3n) is 4.77. The van der Waals surface area contributed by atoms with Crippen LogP contribution in [0.3, 0.4) is 0 Å². The van der Waals surface area contributed by atoms with Gasteiger partial charge in [-0.15, -0.1) is 0 Å². The Bertz CT molecular complexity index is 770. The summed E-state index contributed by atoms with van der Waals surface area (Å²) in [6.07, 6.45) is 2.97. The van der Waals surface area contributed by atoms with Crippen molar-refractivity contribution in [3.05, 3.63) is 48.2 Å². The quantitative estimate of drug-likeness (QED) is 0.911. The highest BCUT2D eigenvalue weighted by molar-refractivity contribution is 5.92. The number of carbonyl (C=O) groups is 1. The van der Waals surface area contributed by atoms with Crippen LogP contribution in [0.25, 0.3) is 0 Å². The van der Waals surface area contributed by atoms with Gasteiger partial charge >= 0.3 is 0 Å². The fraction of sp³-hybridized carbons (Fsp3) is 0.353. The molecule has 0 radical (unpaired) electrons. The molecule has 4 rings (SSSR count). The number of carbonyl (C=O) groups excluding carboxylic acids is 1. The third-order valence-corrected chi connectivity index (χ3v) is 4.77. The number of rotatable bonds is 2. The number of halogens is 1. The predicted molar refractivity (Wildman–Crippen MR) is 84.9 cm³/mol. The average molecular weight is 328 g/mol. The molecule has 6 nitrogen and oxygen atoms in total. The normalized spacial score (nSPS) is 25.5. The minimum atomic E-state index is -0.291. The molecule has 24 heavy (non-hydrogen) atoms. The van der Waals surface area contributed by atoms with Gasteiger partial charge < -0.3 is 10.1 Å². The Morgan fingerprint density at radius 3 is 3.08 bits per heavy atom. The van der Waals surface area contributed by atoms with Crippen LogP contribution in [0.2, 0.25) is 0 Å². The van der Waals surface area contributed by atoms with E-state index in [0.29, 0.717) is 24.7 Å². The third kappa shape index (κ3) is 2.50. The molecule has 7 heteroatoms. The van der Waals surface area contributed by atoms with Gasteiger partial charge in [0.15, 0.2) is 0 Å². The Morgan fingerprint density at radius 1 is 1.42 bits per heavy atom. The largest absolute Gasteiger partial charge is 0.493 e. The maximum absolute atomic E-state index is 13.7. The molecule has 0 unspecified atom stereocenters. The Kier molecular flexibility index (Phi) is 3.65. The first-order valence-corrected chi connectivity index (χ1v) is 7.83. The fourth-order valence-corrected chi connectivity index (χ4v) is 3.71. The molecule has 1 N–H and O–H groups in total. The second kappa shape index (κ2) is 5.83. The number of aromatic nitrogens is 2. The number of fused-ring (bicyclic) bond motifs is 3. The molecule has 1 fully saturated rings. The molecule has 0 aliphatic carbocycles. The van der Waals surface area contributed by atoms with E-state index in [4.69, 9.17) is 4.74 Å². The van der Waals surface area contributed by atoms with Gasteiger partial charge in [0.2, 0.25) is 5.91 Å². The van der Waals surface area contributed by atoms with Crippen LogP contribution in [-0.2, 0) is 4.79 Å². The van der Waals surface area contributed by atoms with E-state index >= 15 is 0 Å². The predicted octanol–water partition coefficient (Wildman–Crippen LogP) is 1.87. The molecule has 124 valence electrons. The monoisotopic (exact) mass is 328 g/mol. The van der Waals surface area contributed by atoms with Gasteiger partial charge in [-0.2, -0.15) is 0 Å². The number of likely N-dealkylation sites (tertiary alicyclic amines) is 1. The summed E-state index contributed by atoms with van der Waals surface area (Å²) in [4.78, 5) is 22.6. The fourth-order valence-electron chi connectivity index (χ4n) is 3.71. The minimum Gasteiger partial charge on any atom is -0.493 e. The summed E-state index contributed by atoms with van der Waals surface area (Å²) in [5.41, 5.74) is 0.811. The minimum absolute atomic E-state index is 0.0221. The van der Waals surface area contributed by atoms with Gasteiger partial charge in [-0.25, -0.2) is 14.4 Å². The SMILES string of the molecule is CN1C[C@@H](C(=O)Nc2ccncn2)[C@@H]2COc3ccc(F)cc3[C@@H]21. The summed E-state index contributed by atoms with van der Waals surface area (Å²) >= 11 is 0. The molecular formula is C17H17FN4O2. The van der Waals surface area contributed by atoms with Crippen LogP contribution in [0, 0.1) is 17.7 Å². The lowest BCUT2D eigenvalue weighted by Crippen LogP contribution is -2.34. The second-order valence-corrected chi connectivity index (χ2v) is 6.23. The molecule has 3 atom stereocenters. The summed E-state index contributed by atoms with van der Waals surface area (Å²) < 4.78 is 19.4. The van der Waals surface area contributed by atoms with Crippen LogP contribution in [0.15, 0.2) is 36.8 Å². The zero-order valence-corrected chi connectivity index (χ0v) is 13.1. The smallest absolute Gasteiger partial charge is 0.230 e. The average Bonchev–Trinajstić information content (AvgIpc) is 2.93. The highest BCUT2D eigenvalue weighted by atomic mass is 19.1. The lowest BCUT2D eigenvalue weighted by molar-refractivity contribution is -0.121. The van der Waals surface area contributed by atoms with Gasteiger partial charge in [-0.05, 0) is 31.3 Å². The van der Waals surface area contributed by atoms with Gasteiger partial charge in [0.05, 0.1) is 12.5 Å². The molecule has 2 aliphatic heterocycles. The lowest BCUT2D eigenvalue weighted by atomic mass is 9.85. The van der Waals surface area contributed by atoms with Crippen molar-refractivity contribution >= 4 is 11.7 Å². The molecule has 1 amide bonds. The van der Waals surface area contributed by atoms with Crippen molar-refractivity contribution in [3.8, 4) is 5.75 Å². The number of hydrogen-bond acceptors (Lipinski definition) is 5. The molecule has 1 aromatic heterocycles. The first-order valence-electron chi connectivity index (χ1n) is 7.83. The van der Waals surface area contributed by atoms with E-state index in [1.165, 1.54) is 18.5 Å². The van der Waals surface area contributed by atoms with Crippen LogP contribution >= 0.6 is 0 Å². The summed E-state index contributed by atoms with van der Waals surface area (Å²) in [5, 5.41) is 2.83. The molecule has 3 heterocycles. The van der Waals surface area contributed by atoms with Crippen LogP contribution in [-0.4, -0.2) is 41.0 Å². The first-order chi connectivity index (χ1) is 11.6. The van der Waals surface area contributed by atoms with Crippen LogP contribution < -0.4 is 10.1 Å². The maximum Gasteiger partial charge on any atom is 0.230 e. The Hall–Kier alpha value is -2.54. The van der Waals surface area contributed by atoms with E-state index in [1.807, 2.05) is 7.05 Å². The van der Waals surface area contributed by atoms with E-state index in [0.717, 1.165) is 5.56 Å². The molecule has 1 aromatic carbocycles. The van der Waals surface area contributed by atoms with Gasteiger partial charge in [0.25, 0.3) is 0 Å². The standard InChI is InChI=1S/C17H17FN4O2/c1-22-7-12(17(23)21-15-4-5-19-9-20-15)13-8-24-14-3-2-10(18)6-11(14)16(13)22/h2-6,9,12-13,16H,7-8H2,1H3,(H,19,20,21,23)/t12-,13+,16+/m1/s1. The summed E-state index contributed by atoms with van der Waals surface area (Å²) in [6, 6.07) is 6.19. The highest BCUT2D eigenvalue weighted by Crippen LogP contribution is 2.46. The van der Waals surface area contributed by atoms with Crippen LogP contribution in [0.5, 0.6) is 5.75 Å². The number of benzene rings is 1. The van der Waals surface area contributed by atoms with Crippen molar-refractivity contribution in [1.82, 2.24) is 14.9 Å².